The number of hydrogen-bond donors (Lipinski definition) is 1. The minimum absolute atomic E-state index is 0.0403. The fourth-order valence-electron chi connectivity index (χ4n) is 1.59. The standard InChI is InChI=1S/C13H19N3O3/c1-3-6-15(7-8-19-2)13(18)10-16-9-11(14)4-5-12(16)17/h3-5,9H,1,6-8,10,14H2,2H3. The van der Waals surface area contributed by atoms with Gasteiger partial charge >= 0.3 is 0 Å². The fraction of sp³-hybridized carbons (Fsp3) is 0.385. The second-order valence-electron chi connectivity index (χ2n) is 4.05. The van der Waals surface area contributed by atoms with E-state index in [9.17, 15) is 9.59 Å². The Balaban J connectivity index is 2.77. The number of nitrogens with zero attached hydrogens (tertiary/aromatic N) is 2. The molecule has 0 atom stereocenters. The molecule has 0 unspecified atom stereocenters. The van der Waals surface area contributed by atoms with Crippen molar-refractivity contribution in [1.29, 1.82) is 0 Å². The molecule has 104 valence electrons. The topological polar surface area (TPSA) is 77.6 Å². The number of nitrogen functional groups attached to an aromatic ring is 1. The van der Waals surface area contributed by atoms with E-state index in [-0.39, 0.29) is 18.0 Å². The number of carbonyl (C=O) groups is 1. The monoisotopic (exact) mass is 265 g/mol. The van der Waals surface area contributed by atoms with Gasteiger partial charge in [0.15, 0.2) is 0 Å². The van der Waals surface area contributed by atoms with Crippen LogP contribution in [-0.4, -0.2) is 42.2 Å². The predicted molar refractivity (Wildman–Crippen MR) is 73.8 cm³/mol. The third-order valence-electron chi connectivity index (χ3n) is 2.58. The van der Waals surface area contributed by atoms with Gasteiger partial charge in [0, 0.05) is 38.1 Å². The van der Waals surface area contributed by atoms with Crippen LogP contribution in [0, 0.1) is 0 Å². The van der Waals surface area contributed by atoms with E-state index in [2.05, 4.69) is 6.58 Å². The fourth-order valence-corrected chi connectivity index (χ4v) is 1.59. The molecule has 0 spiro atoms. The van der Waals surface area contributed by atoms with Crippen molar-refractivity contribution >= 4 is 11.6 Å². The van der Waals surface area contributed by atoms with E-state index in [4.69, 9.17) is 10.5 Å². The number of methoxy groups -OCH3 is 1. The smallest absolute Gasteiger partial charge is 0.251 e. The Labute approximate surface area is 112 Å². The van der Waals surface area contributed by atoms with Gasteiger partial charge in [-0.25, -0.2) is 0 Å². The minimum atomic E-state index is -0.257. The third kappa shape index (κ3) is 4.59. The van der Waals surface area contributed by atoms with Crippen LogP contribution in [0.5, 0.6) is 0 Å². The summed E-state index contributed by atoms with van der Waals surface area (Å²) in [6.45, 7) is 4.87. The number of ether oxygens (including phenoxy) is 1. The van der Waals surface area contributed by atoms with Crippen molar-refractivity contribution in [2.75, 3.05) is 32.5 Å². The summed E-state index contributed by atoms with van der Waals surface area (Å²) in [6.07, 6.45) is 3.10. The molecule has 1 rings (SSSR count). The van der Waals surface area contributed by atoms with Gasteiger partial charge in [0.25, 0.3) is 5.56 Å². The highest BCUT2D eigenvalue weighted by Crippen LogP contribution is 1.98. The summed E-state index contributed by atoms with van der Waals surface area (Å²) < 4.78 is 6.24. The number of nitrogens with two attached hydrogens (primary N) is 1. The molecular weight excluding hydrogens is 246 g/mol. The third-order valence-corrected chi connectivity index (χ3v) is 2.58. The first-order valence-electron chi connectivity index (χ1n) is 5.92. The normalized spacial score (nSPS) is 10.2. The van der Waals surface area contributed by atoms with Crippen molar-refractivity contribution in [3.05, 3.63) is 41.3 Å². The van der Waals surface area contributed by atoms with Gasteiger partial charge in [-0.05, 0) is 6.07 Å². The lowest BCUT2D eigenvalue weighted by molar-refractivity contribution is -0.132. The van der Waals surface area contributed by atoms with Crippen LogP contribution in [0.15, 0.2) is 35.8 Å². The summed E-state index contributed by atoms with van der Waals surface area (Å²) in [6, 6.07) is 2.85. The lowest BCUT2D eigenvalue weighted by atomic mass is 10.3. The average molecular weight is 265 g/mol. The van der Waals surface area contributed by atoms with Crippen LogP contribution in [0.25, 0.3) is 0 Å². The van der Waals surface area contributed by atoms with Gasteiger partial charge in [0.1, 0.15) is 6.54 Å². The first-order chi connectivity index (χ1) is 9.08. The SMILES string of the molecule is C=CCN(CCOC)C(=O)Cn1cc(N)ccc1=O. The van der Waals surface area contributed by atoms with Crippen LogP contribution in [0.2, 0.25) is 0 Å². The Kier molecular flexibility index (Phi) is 5.81. The molecule has 1 aromatic rings. The first-order valence-corrected chi connectivity index (χ1v) is 5.92. The molecule has 1 aromatic heterocycles. The summed E-state index contributed by atoms with van der Waals surface area (Å²) in [7, 11) is 1.57. The van der Waals surface area contributed by atoms with Crippen molar-refractivity contribution in [3.63, 3.8) is 0 Å². The Hall–Kier alpha value is -2.08. The molecule has 0 aromatic carbocycles. The van der Waals surface area contributed by atoms with Gasteiger partial charge in [-0.15, -0.1) is 6.58 Å². The lowest BCUT2D eigenvalue weighted by Crippen LogP contribution is -2.38. The number of anilines is 1. The number of rotatable bonds is 7. The number of amides is 1. The number of carbonyl (C=O) groups excluding carboxylic acids is 1. The molecule has 0 aliphatic rings. The lowest BCUT2D eigenvalue weighted by Gasteiger charge is -2.21. The second-order valence-corrected chi connectivity index (χ2v) is 4.05. The van der Waals surface area contributed by atoms with E-state index in [0.29, 0.717) is 25.4 Å². The summed E-state index contributed by atoms with van der Waals surface area (Å²) in [5.41, 5.74) is 5.78. The van der Waals surface area contributed by atoms with Gasteiger partial charge in [-0.3, -0.25) is 9.59 Å². The van der Waals surface area contributed by atoms with E-state index in [1.807, 2.05) is 0 Å². The Morgan fingerprint density at radius 2 is 2.32 bits per heavy atom. The van der Waals surface area contributed by atoms with E-state index in [1.54, 1.807) is 18.1 Å². The van der Waals surface area contributed by atoms with E-state index in [1.165, 1.54) is 22.9 Å². The van der Waals surface area contributed by atoms with Crippen LogP contribution in [0.3, 0.4) is 0 Å². The maximum absolute atomic E-state index is 12.1. The van der Waals surface area contributed by atoms with Crippen molar-refractivity contribution in [2.45, 2.75) is 6.54 Å². The molecule has 0 radical (unpaired) electrons. The molecule has 0 saturated carbocycles. The zero-order chi connectivity index (χ0) is 14.3. The molecule has 2 N–H and O–H groups in total. The van der Waals surface area contributed by atoms with Gasteiger partial charge < -0.3 is 19.9 Å². The molecule has 0 fully saturated rings. The van der Waals surface area contributed by atoms with E-state index >= 15 is 0 Å². The number of aromatic nitrogens is 1. The van der Waals surface area contributed by atoms with Crippen LogP contribution >= 0.6 is 0 Å². The Morgan fingerprint density at radius 1 is 1.58 bits per heavy atom. The molecule has 0 bridgehead atoms. The maximum Gasteiger partial charge on any atom is 0.251 e. The van der Waals surface area contributed by atoms with E-state index < -0.39 is 0 Å². The number of hydrogen-bond acceptors (Lipinski definition) is 4. The van der Waals surface area contributed by atoms with Gasteiger partial charge in [0.2, 0.25) is 5.91 Å². The molecule has 1 amide bonds. The maximum atomic E-state index is 12.1. The van der Waals surface area contributed by atoms with Crippen molar-refractivity contribution in [3.8, 4) is 0 Å². The Morgan fingerprint density at radius 3 is 2.95 bits per heavy atom. The van der Waals surface area contributed by atoms with Gasteiger partial charge in [-0.2, -0.15) is 0 Å². The summed E-state index contributed by atoms with van der Waals surface area (Å²) in [5.74, 6) is -0.176. The highest BCUT2D eigenvalue weighted by atomic mass is 16.5. The molecule has 19 heavy (non-hydrogen) atoms. The van der Waals surface area contributed by atoms with Gasteiger partial charge in [0.05, 0.1) is 6.61 Å². The predicted octanol–water partition coefficient (Wildman–Crippen LogP) is 0.0915. The zero-order valence-electron chi connectivity index (χ0n) is 11.0. The van der Waals surface area contributed by atoms with Gasteiger partial charge in [-0.1, -0.05) is 6.08 Å². The van der Waals surface area contributed by atoms with E-state index in [0.717, 1.165) is 0 Å². The number of pyridine rings is 1. The summed E-state index contributed by atoms with van der Waals surface area (Å²) in [4.78, 5) is 25.3. The molecule has 6 nitrogen and oxygen atoms in total. The highest BCUT2D eigenvalue weighted by Gasteiger charge is 2.13. The summed E-state index contributed by atoms with van der Waals surface area (Å²) >= 11 is 0. The molecule has 0 aliphatic heterocycles. The first kappa shape index (κ1) is 15.0. The molecule has 0 saturated heterocycles. The van der Waals surface area contributed by atoms with Crippen LogP contribution in [0.1, 0.15) is 0 Å². The minimum Gasteiger partial charge on any atom is -0.398 e. The van der Waals surface area contributed by atoms with Crippen LogP contribution in [0.4, 0.5) is 5.69 Å². The molecule has 6 heteroatoms. The Bertz CT molecular complexity index is 496. The molecule has 0 aliphatic carbocycles. The largest absolute Gasteiger partial charge is 0.398 e. The molecule has 1 heterocycles. The van der Waals surface area contributed by atoms with Crippen molar-refractivity contribution < 1.29 is 9.53 Å². The molecular formula is C13H19N3O3. The highest BCUT2D eigenvalue weighted by molar-refractivity contribution is 5.76. The van der Waals surface area contributed by atoms with Crippen LogP contribution < -0.4 is 11.3 Å². The van der Waals surface area contributed by atoms with Crippen molar-refractivity contribution in [1.82, 2.24) is 9.47 Å². The van der Waals surface area contributed by atoms with Crippen molar-refractivity contribution in [2.24, 2.45) is 0 Å². The summed E-state index contributed by atoms with van der Waals surface area (Å²) in [5, 5.41) is 0. The quantitative estimate of drug-likeness (QED) is 0.709. The van der Waals surface area contributed by atoms with Crippen LogP contribution in [-0.2, 0) is 16.1 Å². The average Bonchev–Trinajstić information content (AvgIpc) is 2.38. The second kappa shape index (κ2) is 7.38. The zero-order valence-corrected chi connectivity index (χ0v) is 11.0.